The Kier molecular flexibility index (Phi) is 6.22. The molecule has 8 aromatic carbocycles. The highest BCUT2D eigenvalue weighted by Gasteiger charge is 2.19. The van der Waals surface area contributed by atoms with Gasteiger partial charge in [0.25, 0.3) is 0 Å². The summed E-state index contributed by atoms with van der Waals surface area (Å²) >= 11 is 0. The predicted molar refractivity (Wildman–Crippen MR) is 214 cm³/mol. The van der Waals surface area contributed by atoms with E-state index in [1.165, 1.54) is 0 Å². The first-order valence-corrected chi connectivity index (χ1v) is 17.5. The van der Waals surface area contributed by atoms with Gasteiger partial charge in [-0.05, 0) is 89.5 Å². The molecule has 4 heteroatoms. The van der Waals surface area contributed by atoms with Crippen LogP contribution in [0.3, 0.4) is 0 Å². The van der Waals surface area contributed by atoms with Gasteiger partial charge in [0, 0.05) is 61.0 Å². The average Bonchev–Trinajstić information content (AvgIpc) is 3.89. The molecule has 11 rings (SSSR count). The molecule has 0 unspecified atom stereocenters. The van der Waals surface area contributed by atoms with E-state index in [0.29, 0.717) is 0 Å². The smallest absolute Gasteiger partial charge is 0.143 e. The SMILES string of the molecule is c1ccc(N(c2ccccc2)c2ccc3c(c2)oc2ccc(-c4ccc5oc6c(-c7cccc8oc9ccccc9c78)cccc6c5c4)cc23)cc1. The Morgan fingerprint density at radius 2 is 0.885 bits per heavy atom. The first-order valence-electron chi connectivity index (χ1n) is 17.5. The number of fused-ring (bicyclic) bond motifs is 9. The van der Waals surface area contributed by atoms with Crippen LogP contribution < -0.4 is 4.90 Å². The zero-order chi connectivity index (χ0) is 34.2. The van der Waals surface area contributed by atoms with Gasteiger partial charge >= 0.3 is 0 Å². The highest BCUT2D eigenvalue weighted by atomic mass is 16.3. The summed E-state index contributed by atoms with van der Waals surface area (Å²) in [5.74, 6) is 0. The molecule has 0 amide bonds. The maximum absolute atomic E-state index is 6.63. The third-order valence-electron chi connectivity index (χ3n) is 10.3. The molecule has 0 spiro atoms. The molecule has 3 aromatic heterocycles. The lowest BCUT2D eigenvalue weighted by Crippen LogP contribution is -2.09. The van der Waals surface area contributed by atoms with E-state index < -0.39 is 0 Å². The summed E-state index contributed by atoms with van der Waals surface area (Å²) in [5, 5.41) is 6.55. The Morgan fingerprint density at radius 3 is 1.65 bits per heavy atom. The number of hydrogen-bond donors (Lipinski definition) is 0. The zero-order valence-corrected chi connectivity index (χ0v) is 27.9. The van der Waals surface area contributed by atoms with Gasteiger partial charge in [-0.15, -0.1) is 0 Å². The van der Waals surface area contributed by atoms with Gasteiger partial charge < -0.3 is 18.2 Å². The second kappa shape index (κ2) is 11.2. The van der Waals surface area contributed by atoms with E-state index in [0.717, 1.165) is 105 Å². The van der Waals surface area contributed by atoms with Crippen LogP contribution in [0.2, 0.25) is 0 Å². The summed E-state index contributed by atoms with van der Waals surface area (Å²) in [6.45, 7) is 0. The summed E-state index contributed by atoms with van der Waals surface area (Å²) in [6, 6.07) is 61.2. The molecule has 0 bridgehead atoms. The van der Waals surface area contributed by atoms with Crippen molar-refractivity contribution in [2.24, 2.45) is 0 Å². The Morgan fingerprint density at radius 1 is 0.308 bits per heavy atom. The van der Waals surface area contributed by atoms with Gasteiger partial charge in [-0.2, -0.15) is 0 Å². The normalized spacial score (nSPS) is 11.8. The Balaban J connectivity index is 1.01. The Labute approximate surface area is 298 Å². The molecule has 0 aliphatic rings. The number of benzene rings is 8. The van der Waals surface area contributed by atoms with Crippen LogP contribution in [0.25, 0.3) is 88.1 Å². The van der Waals surface area contributed by atoms with E-state index in [9.17, 15) is 0 Å². The van der Waals surface area contributed by atoms with Crippen LogP contribution in [0, 0.1) is 0 Å². The van der Waals surface area contributed by atoms with Crippen LogP contribution in [-0.2, 0) is 0 Å². The minimum Gasteiger partial charge on any atom is -0.456 e. The second-order valence-corrected chi connectivity index (χ2v) is 13.3. The van der Waals surface area contributed by atoms with Gasteiger partial charge in [0.15, 0.2) is 0 Å². The maximum atomic E-state index is 6.63. The summed E-state index contributed by atoms with van der Waals surface area (Å²) in [6.07, 6.45) is 0. The van der Waals surface area contributed by atoms with Crippen LogP contribution in [0.1, 0.15) is 0 Å². The molecular formula is C48H29NO3. The van der Waals surface area contributed by atoms with E-state index in [1.54, 1.807) is 0 Å². The van der Waals surface area contributed by atoms with Gasteiger partial charge in [-0.3, -0.25) is 0 Å². The molecule has 0 saturated heterocycles. The largest absolute Gasteiger partial charge is 0.456 e. The van der Waals surface area contributed by atoms with Crippen LogP contribution in [0.15, 0.2) is 189 Å². The van der Waals surface area contributed by atoms with Crippen molar-refractivity contribution < 1.29 is 13.3 Å². The van der Waals surface area contributed by atoms with Gasteiger partial charge in [0.1, 0.15) is 33.5 Å². The van der Waals surface area contributed by atoms with E-state index in [1.807, 2.05) is 30.3 Å². The lowest BCUT2D eigenvalue weighted by molar-refractivity contribution is 0.668. The average molecular weight is 668 g/mol. The fourth-order valence-electron chi connectivity index (χ4n) is 7.88. The van der Waals surface area contributed by atoms with Crippen molar-refractivity contribution in [2.75, 3.05) is 4.90 Å². The van der Waals surface area contributed by atoms with Gasteiger partial charge in [0.05, 0.1) is 0 Å². The second-order valence-electron chi connectivity index (χ2n) is 13.3. The molecule has 0 aliphatic carbocycles. The Bertz CT molecular complexity index is 3090. The lowest BCUT2D eigenvalue weighted by atomic mass is 9.97. The van der Waals surface area contributed by atoms with Crippen LogP contribution in [0.5, 0.6) is 0 Å². The summed E-state index contributed by atoms with van der Waals surface area (Å²) < 4.78 is 19.3. The van der Waals surface area contributed by atoms with Crippen LogP contribution in [-0.4, -0.2) is 0 Å². The van der Waals surface area contributed by atoms with E-state index in [2.05, 4.69) is 150 Å². The molecule has 0 fully saturated rings. The van der Waals surface area contributed by atoms with E-state index >= 15 is 0 Å². The number of para-hydroxylation sites is 4. The molecular weight excluding hydrogens is 639 g/mol. The number of furan rings is 3. The van der Waals surface area contributed by atoms with Gasteiger partial charge in [-0.1, -0.05) is 97.1 Å². The fraction of sp³-hybridized carbons (Fsp3) is 0. The molecule has 52 heavy (non-hydrogen) atoms. The molecule has 244 valence electrons. The maximum Gasteiger partial charge on any atom is 0.143 e. The van der Waals surface area contributed by atoms with Gasteiger partial charge in [-0.25, -0.2) is 0 Å². The van der Waals surface area contributed by atoms with Crippen molar-refractivity contribution in [3.05, 3.63) is 176 Å². The first kappa shape index (κ1) is 28.8. The quantitative estimate of drug-likeness (QED) is 0.183. The number of nitrogens with zero attached hydrogens (tertiary/aromatic N) is 1. The number of hydrogen-bond acceptors (Lipinski definition) is 4. The van der Waals surface area contributed by atoms with Crippen molar-refractivity contribution >= 4 is 82.9 Å². The van der Waals surface area contributed by atoms with Crippen molar-refractivity contribution in [1.29, 1.82) is 0 Å². The number of anilines is 3. The topological polar surface area (TPSA) is 42.7 Å². The van der Waals surface area contributed by atoms with Crippen molar-refractivity contribution in [3.63, 3.8) is 0 Å². The molecule has 4 nitrogen and oxygen atoms in total. The summed E-state index contributed by atoms with van der Waals surface area (Å²) in [4.78, 5) is 2.26. The van der Waals surface area contributed by atoms with Gasteiger partial charge in [0.2, 0.25) is 0 Å². The Hall–Kier alpha value is -7.04. The molecule has 0 N–H and O–H groups in total. The highest BCUT2D eigenvalue weighted by Crippen LogP contribution is 2.43. The molecule has 3 heterocycles. The summed E-state index contributed by atoms with van der Waals surface area (Å²) in [7, 11) is 0. The highest BCUT2D eigenvalue weighted by molar-refractivity contribution is 6.17. The molecule has 11 aromatic rings. The van der Waals surface area contributed by atoms with E-state index in [-0.39, 0.29) is 0 Å². The standard InChI is InChI=1S/C48H29NO3/c1-3-11-32(12-4-1)49(33-13-5-2-6-14-33)34-23-24-35-40-27-30(21-25-43(40)51-46(35)29-34)31-22-26-44-41(28-31)38-18-9-17-37(48(38)52-44)36-16-10-20-45-47(36)39-15-7-8-19-42(39)50-45/h1-29H. The molecule has 0 aliphatic heterocycles. The molecule has 0 radical (unpaired) electrons. The lowest BCUT2D eigenvalue weighted by Gasteiger charge is -2.25. The van der Waals surface area contributed by atoms with Crippen LogP contribution >= 0.6 is 0 Å². The molecule has 0 saturated carbocycles. The minimum atomic E-state index is 0.853. The number of rotatable bonds is 5. The summed E-state index contributed by atoms with van der Waals surface area (Å²) in [5.41, 5.74) is 12.8. The minimum absolute atomic E-state index is 0.853. The first-order chi connectivity index (χ1) is 25.8. The zero-order valence-electron chi connectivity index (χ0n) is 27.9. The van der Waals surface area contributed by atoms with Crippen molar-refractivity contribution in [3.8, 4) is 22.3 Å². The monoisotopic (exact) mass is 667 g/mol. The predicted octanol–water partition coefficient (Wildman–Crippen LogP) is 14.2. The van der Waals surface area contributed by atoms with E-state index in [4.69, 9.17) is 13.3 Å². The third-order valence-corrected chi connectivity index (χ3v) is 10.3. The fourth-order valence-corrected chi connectivity index (χ4v) is 7.88. The molecule has 0 atom stereocenters. The van der Waals surface area contributed by atoms with Crippen molar-refractivity contribution in [2.45, 2.75) is 0 Å². The van der Waals surface area contributed by atoms with Crippen LogP contribution in [0.4, 0.5) is 17.1 Å². The third kappa shape index (κ3) is 4.41. The van der Waals surface area contributed by atoms with Crippen molar-refractivity contribution in [1.82, 2.24) is 0 Å².